The highest BCUT2D eigenvalue weighted by Crippen LogP contribution is 2.20. The molecule has 0 radical (unpaired) electrons. The van der Waals surface area contributed by atoms with Gasteiger partial charge in [0, 0.05) is 12.1 Å². The SMILES string of the molecule is CCCCc1noc(C(C)Nc2cc(C)cc(C)c2)n1. The van der Waals surface area contributed by atoms with Crippen LogP contribution < -0.4 is 5.32 Å². The minimum atomic E-state index is 0.0130. The number of nitrogens with one attached hydrogen (secondary N) is 1. The summed E-state index contributed by atoms with van der Waals surface area (Å²) in [7, 11) is 0. The van der Waals surface area contributed by atoms with E-state index in [0.29, 0.717) is 5.89 Å². The number of aromatic nitrogens is 2. The largest absolute Gasteiger partial charge is 0.374 e. The van der Waals surface area contributed by atoms with Crippen molar-refractivity contribution in [3.05, 3.63) is 41.0 Å². The van der Waals surface area contributed by atoms with Crippen LogP contribution in [0.5, 0.6) is 0 Å². The molecule has 1 heterocycles. The molecule has 0 bridgehead atoms. The Kier molecular flexibility index (Phi) is 4.77. The molecule has 1 aromatic carbocycles. The number of nitrogens with zero attached hydrogens (tertiary/aromatic N) is 2. The highest BCUT2D eigenvalue weighted by atomic mass is 16.5. The first-order valence-corrected chi connectivity index (χ1v) is 7.25. The summed E-state index contributed by atoms with van der Waals surface area (Å²) in [5.74, 6) is 1.45. The summed E-state index contributed by atoms with van der Waals surface area (Å²) in [5.41, 5.74) is 3.58. The number of benzene rings is 1. The molecule has 108 valence electrons. The Balaban J connectivity index is 2.03. The van der Waals surface area contributed by atoms with E-state index in [4.69, 9.17) is 4.52 Å². The van der Waals surface area contributed by atoms with Crippen molar-refractivity contribution < 1.29 is 4.52 Å². The monoisotopic (exact) mass is 273 g/mol. The Morgan fingerprint density at radius 2 is 1.90 bits per heavy atom. The molecule has 0 saturated carbocycles. The molecule has 0 aliphatic rings. The van der Waals surface area contributed by atoms with Gasteiger partial charge in [-0.2, -0.15) is 4.98 Å². The van der Waals surface area contributed by atoms with Gasteiger partial charge >= 0.3 is 0 Å². The summed E-state index contributed by atoms with van der Waals surface area (Å²) in [6.07, 6.45) is 3.12. The molecule has 0 saturated heterocycles. The van der Waals surface area contributed by atoms with Gasteiger partial charge in [0.15, 0.2) is 5.82 Å². The molecule has 1 unspecified atom stereocenters. The van der Waals surface area contributed by atoms with E-state index in [2.05, 4.69) is 54.4 Å². The van der Waals surface area contributed by atoms with Gasteiger partial charge in [0.1, 0.15) is 6.04 Å². The van der Waals surface area contributed by atoms with Crippen molar-refractivity contribution in [1.82, 2.24) is 10.1 Å². The molecule has 1 atom stereocenters. The van der Waals surface area contributed by atoms with Gasteiger partial charge in [0.25, 0.3) is 0 Å². The van der Waals surface area contributed by atoms with Gasteiger partial charge in [-0.15, -0.1) is 0 Å². The average molecular weight is 273 g/mol. The second-order valence-electron chi connectivity index (χ2n) is 5.39. The fraction of sp³-hybridized carbons (Fsp3) is 0.500. The highest BCUT2D eigenvalue weighted by molar-refractivity contribution is 5.49. The van der Waals surface area contributed by atoms with Crippen LogP contribution in [0.25, 0.3) is 0 Å². The molecule has 4 heteroatoms. The normalized spacial score (nSPS) is 12.4. The first-order chi connectivity index (χ1) is 9.58. The maximum atomic E-state index is 5.33. The van der Waals surface area contributed by atoms with Crippen LogP contribution in [-0.2, 0) is 6.42 Å². The second-order valence-corrected chi connectivity index (χ2v) is 5.39. The average Bonchev–Trinajstić information content (AvgIpc) is 2.83. The first kappa shape index (κ1) is 14.6. The standard InChI is InChI=1S/C16H23N3O/c1-5-6-7-15-18-16(20-19-15)13(4)17-14-9-11(2)8-12(3)10-14/h8-10,13,17H,5-7H2,1-4H3. The van der Waals surface area contributed by atoms with Gasteiger partial charge in [-0.1, -0.05) is 24.6 Å². The summed E-state index contributed by atoms with van der Waals surface area (Å²) in [6.45, 7) is 8.39. The predicted molar refractivity (Wildman–Crippen MR) is 80.9 cm³/mol. The molecule has 1 N–H and O–H groups in total. The Hall–Kier alpha value is -1.84. The fourth-order valence-corrected chi connectivity index (χ4v) is 2.25. The lowest BCUT2D eigenvalue weighted by Gasteiger charge is -2.12. The lowest BCUT2D eigenvalue weighted by Crippen LogP contribution is -2.07. The molecule has 0 fully saturated rings. The van der Waals surface area contributed by atoms with Crippen molar-refractivity contribution in [3.63, 3.8) is 0 Å². The number of rotatable bonds is 6. The van der Waals surface area contributed by atoms with Crippen LogP contribution in [0, 0.1) is 13.8 Å². The van der Waals surface area contributed by atoms with Crippen LogP contribution in [0.2, 0.25) is 0 Å². The molecule has 20 heavy (non-hydrogen) atoms. The quantitative estimate of drug-likeness (QED) is 0.857. The zero-order chi connectivity index (χ0) is 14.5. The van der Waals surface area contributed by atoms with Crippen LogP contribution >= 0.6 is 0 Å². The smallest absolute Gasteiger partial charge is 0.248 e. The summed E-state index contributed by atoms with van der Waals surface area (Å²) >= 11 is 0. The zero-order valence-corrected chi connectivity index (χ0v) is 12.7. The van der Waals surface area contributed by atoms with Gasteiger partial charge in [-0.25, -0.2) is 0 Å². The fourth-order valence-electron chi connectivity index (χ4n) is 2.25. The van der Waals surface area contributed by atoms with Gasteiger partial charge in [-0.05, 0) is 50.5 Å². The van der Waals surface area contributed by atoms with Crippen molar-refractivity contribution >= 4 is 5.69 Å². The number of aryl methyl sites for hydroxylation is 3. The molecule has 0 aliphatic carbocycles. The highest BCUT2D eigenvalue weighted by Gasteiger charge is 2.14. The minimum Gasteiger partial charge on any atom is -0.374 e. The molecular weight excluding hydrogens is 250 g/mol. The van der Waals surface area contributed by atoms with E-state index in [1.54, 1.807) is 0 Å². The first-order valence-electron chi connectivity index (χ1n) is 7.25. The summed E-state index contributed by atoms with van der Waals surface area (Å²) in [4.78, 5) is 4.45. The number of anilines is 1. The summed E-state index contributed by atoms with van der Waals surface area (Å²) in [6, 6.07) is 6.42. The summed E-state index contributed by atoms with van der Waals surface area (Å²) in [5, 5.41) is 7.44. The molecule has 4 nitrogen and oxygen atoms in total. The molecule has 0 amide bonds. The van der Waals surface area contributed by atoms with Crippen molar-refractivity contribution in [1.29, 1.82) is 0 Å². The molecule has 1 aromatic heterocycles. The Labute approximate surface area is 120 Å². The van der Waals surface area contributed by atoms with Crippen molar-refractivity contribution in [2.24, 2.45) is 0 Å². The number of unbranched alkanes of at least 4 members (excludes halogenated alkanes) is 1. The minimum absolute atomic E-state index is 0.0130. The second kappa shape index (κ2) is 6.55. The lowest BCUT2D eigenvalue weighted by atomic mass is 10.1. The van der Waals surface area contributed by atoms with E-state index in [-0.39, 0.29) is 6.04 Å². The molecule has 2 rings (SSSR count). The van der Waals surface area contributed by atoms with Crippen LogP contribution in [0.3, 0.4) is 0 Å². The van der Waals surface area contributed by atoms with E-state index in [1.807, 2.05) is 6.92 Å². The molecule has 2 aromatic rings. The zero-order valence-electron chi connectivity index (χ0n) is 12.7. The third kappa shape index (κ3) is 3.83. The van der Waals surface area contributed by atoms with E-state index < -0.39 is 0 Å². The Bertz CT molecular complexity index is 542. The maximum Gasteiger partial charge on any atom is 0.248 e. The van der Waals surface area contributed by atoms with E-state index in [1.165, 1.54) is 11.1 Å². The van der Waals surface area contributed by atoms with Crippen LogP contribution in [0.1, 0.15) is 55.6 Å². The summed E-state index contributed by atoms with van der Waals surface area (Å²) < 4.78 is 5.33. The van der Waals surface area contributed by atoms with Gasteiger partial charge in [0.2, 0.25) is 5.89 Å². The molecule has 0 spiro atoms. The Morgan fingerprint density at radius 1 is 1.20 bits per heavy atom. The van der Waals surface area contributed by atoms with Crippen LogP contribution in [0.15, 0.2) is 22.7 Å². The third-order valence-corrected chi connectivity index (χ3v) is 3.21. The number of hydrogen-bond donors (Lipinski definition) is 1. The van der Waals surface area contributed by atoms with Gasteiger partial charge < -0.3 is 9.84 Å². The topological polar surface area (TPSA) is 51.0 Å². The van der Waals surface area contributed by atoms with Crippen molar-refractivity contribution in [3.8, 4) is 0 Å². The van der Waals surface area contributed by atoms with Gasteiger partial charge in [-0.3, -0.25) is 0 Å². The van der Waals surface area contributed by atoms with Crippen LogP contribution in [-0.4, -0.2) is 10.1 Å². The van der Waals surface area contributed by atoms with E-state index in [9.17, 15) is 0 Å². The third-order valence-electron chi connectivity index (χ3n) is 3.21. The van der Waals surface area contributed by atoms with Gasteiger partial charge in [0.05, 0.1) is 0 Å². The van der Waals surface area contributed by atoms with Crippen LogP contribution in [0.4, 0.5) is 5.69 Å². The van der Waals surface area contributed by atoms with Crippen molar-refractivity contribution in [2.45, 2.75) is 53.0 Å². The predicted octanol–water partition coefficient (Wildman–Crippen LogP) is 4.20. The molecular formula is C16H23N3O. The molecule has 0 aliphatic heterocycles. The Morgan fingerprint density at radius 3 is 2.55 bits per heavy atom. The van der Waals surface area contributed by atoms with E-state index in [0.717, 1.165) is 30.8 Å². The van der Waals surface area contributed by atoms with E-state index >= 15 is 0 Å². The van der Waals surface area contributed by atoms with Crippen molar-refractivity contribution in [2.75, 3.05) is 5.32 Å². The number of hydrogen-bond acceptors (Lipinski definition) is 4. The lowest BCUT2D eigenvalue weighted by molar-refractivity contribution is 0.362. The maximum absolute atomic E-state index is 5.33.